The number of nitrogens with one attached hydrogen (secondary N) is 1. The number of benzene rings is 1. The summed E-state index contributed by atoms with van der Waals surface area (Å²) in [5.74, 6) is -0.195. The quantitative estimate of drug-likeness (QED) is 0.462. The van der Waals surface area contributed by atoms with Crippen molar-refractivity contribution < 1.29 is 14.6 Å². The van der Waals surface area contributed by atoms with E-state index < -0.39 is 5.79 Å². The summed E-state index contributed by atoms with van der Waals surface area (Å²) in [6, 6.07) is 5.96. The Morgan fingerprint density at radius 1 is 1.24 bits per heavy atom. The van der Waals surface area contributed by atoms with Crippen LogP contribution in [0, 0.1) is 5.92 Å². The largest absolute Gasteiger partial charge is 0.396 e. The normalized spacial score (nSPS) is 26.0. The lowest BCUT2D eigenvalue weighted by Crippen LogP contribution is -2.35. The monoisotopic (exact) mass is 490 g/mol. The Balaban J connectivity index is 1.53. The Hall–Kier alpha value is -2.24. The minimum absolute atomic E-state index is 0.0182. The molecule has 33 heavy (non-hydrogen) atoms. The maximum Gasteiger partial charge on any atom is 0.223 e. The van der Waals surface area contributed by atoms with E-state index in [2.05, 4.69) is 21.4 Å². The van der Waals surface area contributed by atoms with Crippen molar-refractivity contribution in [3.05, 3.63) is 23.4 Å². The van der Waals surface area contributed by atoms with Gasteiger partial charge in [-0.2, -0.15) is 4.98 Å². The molecule has 0 spiro atoms. The SMILES string of the molecule is CN(C)c1ccc2nc(-c3c(Cl)nc(N)nc3NC3C[C@H](CO)[C@H]4OC(C)(C)O[C@@H]34)sc2c1. The first kappa shape index (κ1) is 22.5. The number of anilines is 3. The van der Waals surface area contributed by atoms with Crippen LogP contribution in [0.15, 0.2) is 18.2 Å². The van der Waals surface area contributed by atoms with Gasteiger partial charge in [-0.15, -0.1) is 11.3 Å². The smallest absolute Gasteiger partial charge is 0.223 e. The molecule has 1 saturated carbocycles. The van der Waals surface area contributed by atoms with E-state index in [9.17, 15) is 5.11 Å². The number of aromatic nitrogens is 3. The molecule has 0 amide bonds. The highest BCUT2D eigenvalue weighted by Crippen LogP contribution is 2.44. The molecule has 3 heterocycles. The summed E-state index contributed by atoms with van der Waals surface area (Å²) in [5.41, 5.74) is 8.50. The molecule has 4 atom stereocenters. The molecule has 5 rings (SSSR count). The van der Waals surface area contributed by atoms with Gasteiger partial charge in [0.2, 0.25) is 5.95 Å². The third-order valence-corrected chi connectivity index (χ3v) is 7.43. The van der Waals surface area contributed by atoms with E-state index in [4.69, 9.17) is 31.8 Å². The topological polar surface area (TPSA) is 119 Å². The highest BCUT2D eigenvalue weighted by atomic mass is 35.5. The molecule has 4 N–H and O–H groups in total. The fourth-order valence-corrected chi connectivity index (χ4v) is 5.99. The van der Waals surface area contributed by atoms with Gasteiger partial charge in [-0.3, -0.25) is 0 Å². The summed E-state index contributed by atoms with van der Waals surface area (Å²) >= 11 is 8.09. The number of aliphatic hydroxyl groups is 1. The second-order valence-electron chi connectivity index (χ2n) is 9.16. The number of nitrogens with zero attached hydrogens (tertiary/aromatic N) is 4. The van der Waals surface area contributed by atoms with Crippen LogP contribution in [-0.2, 0) is 9.47 Å². The molecule has 1 aliphatic carbocycles. The van der Waals surface area contributed by atoms with Crippen molar-refractivity contribution in [2.75, 3.05) is 36.7 Å². The lowest BCUT2D eigenvalue weighted by atomic mass is 10.1. The number of ether oxygens (including phenoxy) is 2. The van der Waals surface area contributed by atoms with Gasteiger partial charge in [-0.25, -0.2) is 9.97 Å². The fraction of sp³-hybridized carbons (Fsp3) is 0.500. The standard InChI is InChI=1S/C22H27ClN6O3S/c1-22(2)31-16-10(9-30)7-13(17(16)32-22)25-19-15(18(23)27-21(24)28-19)20-26-12-6-5-11(29(3)4)8-14(12)33-20/h5-6,8,10,13,16-17,30H,7,9H2,1-4H3,(H3,24,25,27,28)/t10-,13?,16-,17+/m1/s1. The van der Waals surface area contributed by atoms with Crippen LogP contribution in [0.5, 0.6) is 0 Å². The van der Waals surface area contributed by atoms with Gasteiger partial charge >= 0.3 is 0 Å². The molecule has 2 fully saturated rings. The summed E-state index contributed by atoms with van der Waals surface area (Å²) in [7, 11) is 4.00. The van der Waals surface area contributed by atoms with Crippen molar-refractivity contribution in [1.82, 2.24) is 15.0 Å². The molecular formula is C22H27ClN6O3S. The number of thiazole rings is 1. The highest BCUT2D eigenvalue weighted by Gasteiger charge is 2.54. The average molecular weight is 491 g/mol. The molecule has 176 valence electrons. The molecule has 3 aromatic rings. The number of nitrogen functional groups attached to an aromatic ring is 1. The number of rotatable bonds is 5. The predicted octanol–water partition coefficient (Wildman–Crippen LogP) is 3.37. The van der Waals surface area contributed by atoms with E-state index in [1.165, 1.54) is 11.3 Å². The van der Waals surface area contributed by atoms with Gasteiger partial charge in [0, 0.05) is 32.3 Å². The minimum Gasteiger partial charge on any atom is -0.396 e. The zero-order valence-electron chi connectivity index (χ0n) is 18.9. The van der Waals surface area contributed by atoms with Crippen molar-refractivity contribution in [2.24, 2.45) is 5.92 Å². The van der Waals surface area contributed by atoms with Crippen LogP contribution in [0.2, 0.25) is 5.15 Å². The molecule has 9 nitrogen and oxygen atoms in total. The maximum absolute atomic E-state index is 9.89. The lowest BCUT2D eigenvalue weighted by molar-refractivity contribution is -0.158. The van der Waals surface area contributed by atoms with Crippen LogP contribution < -0.4 is 16.0 Å². The van der Waals surface area contributed by atoms with Gasteiger partial charge in [0.05, 0.1) is 27.9 Å². The summed E-state index contributed by atoms with van der Waals surface area (Å²) in [5, 5.41) is 14.3. The average Bonchev–Trinajstić information content (AvgIpc) is 3.38. The van der Waals surface area contributed by atoms with Crippen LogP contribution in [0.4, 0.5) is 17.5 Å². The van der Waals surface area contributed by atoms with E-state index in [0.717, 1.165) is 15.9 Å². The number of hydrogen-bond acceptors (Lipinski definition) is 10. The summed E-state index contributed by atoms with van der Waals surface area (Å²) in [6.45, 7) is 3.78. The first-order valence-electron chi connectivity index (χ1n) is 10.8. The molecule has 1 unspecified atom stereocenters. The first-order valence-corrected chi connectivity index (χ1v) is 12.0. The van der Waals surface area contributed by atoms with Crippen molar-refractivity contribution in [2.45, 2.75) is 44.3 Å². The second-order valence-corrected chi connectivity index (χ2v) is 10.5. The predicted molar refractivity (Wildman–Crippen MR) is 131 cm³/mol. The third-order valence-electron chi connectivity index (χ3n) is 6.12. The van der Waals surface area contributed by atoms with Crippen LogP contribution in [0.1, 0.15) is 20.3 Å². The van der Waals surface area contributed by atoms with Crippen LogP contribution in [-0.4, -0.2) is 64.8 Å². The van der Waals surface area contributed by atoms with Gasteiger partial charge in [0.25, 0.3) is 0 Å². The van der Waals surface area contributed by atoms with Crippen LogP contribution in [0.3, 0.4) is 0 Å². The van der Waals surface area contributed by atoms with E-state index >= 15 is 0 Å². The Morgan fingerprint density at radius 2 is 2.00 bits per heavy atom. The highest BCUT2D eigenvalue weighted by molar-refractivity contribution is 7.21. The molecule has 1 aromatic carbocycles. The first-order chi connectivity index (χ1) is 15.6. The van der Waals surface area contributed by atoms with Gasteiger partial charge in [0.1, 0.15) is 22.1 Å². The second kappa shape index (κ2) is 8.21. The summed E-state index contributed by atoms with van der Waals surface area (Å²) in [6.07, 6.45) is 0.222. The molecule has 0 radical (unpaired) electrons. The van der Waals surface area contributed by atoms with Crippen LogP contribution in [0.25, 0.3) is 20.8 Å². The van der Waals surface area contributed by atoms with E-state index in [1.807, 2.05) is 45.0 Å². The Bertz CT molecular complexity index is 1200. The Kier molecular flexibility index (Phi) is 5.61. The lowest BCUT2D eigenvalue weighted by Gasteiger charge is -2.24. The van der Waals surface area contributed by atoms with Gasteiger partial charge < -0.3 is 30.5 Å². The number of fused-ring (bicyclic) bond motifs is 2. The number of aliphatic hydroxyl groups excluding tert-OH is 1. The van der Waals surface area contributed by atoms with Crippen molar-refractivity contribution in [3.8, 4) is 10.6 Å². The van der Waals surface area contributed by atoms with Crippen molar-refractivity contribution >= 4 is 50.6 Å². The molecule has 11 heteroatoms. The fourth-order valence-electron chi connectivity index (χ4n) is 4.62. The Labute approximate surface area is 200 Å². The number of nitrogens with two attached hydrogens (primary N) is 1. The van der Waals surface area contributed by atoms with E-state index in [0.29, 0.717) is 22.8 Å². The van der Waals surface area contributed by atoms with E-state index in [-0.39, 0.29) is 41.9 Å². The molecule has 2 aliphatic rings. The molecule has 0 bridgehead atoms. The maximum atomic E-state index is 9.89. The molecule has 1 aliphatic heterocycles. The van der Waals surface area contributed by atoms with Crippen molar-refractivity contribution in [3.63, 3.8) is 0 Å². The molecule has 1 saturated heterocycles. The summed E-state index contributed by atoms with van der Waals surface area (Å²) in [4.78, 5) is 15.5. The molecule has 2 aromatic heterocycles. The molecular weight excluding hydrogens is 464 g/mol. The number of hydrogen-bond donors (Lipinski definition) is 3. The third kappa shape index (κ3) is 4.10. The zero-order chi connectivity index (χ0) is 23.5. The van der Waals surface area contributed by atoms with Gasteiger partial charge in [0.15, 0.2) is 5.79 Å². The summed E-state index contributed by atoms with van der Waals surface area (Å²) < 4.78 is 13.2. The zero-order valence-corrected chi connectivity index (χ0v) is 20.4. The van der Waals surface area contributed by atoms with Crippen molar-refractivity contribution in [1.29, 1.82) is 0 Å². The Morgan fingerprint density at radius 3 is 2.73 bits per heavy atom. The van der Waals surface area contributed by atoms with E-state index in [1.54, 1.807) is 0 Å². The van der Waals surface area contributed by atoms with Crippen LogP contribution >= 0.6 is 22.9 Å². The minimum atomic E-state index is -0.717. The van der Waals surface area contributed by atoms with Gasteiger partial charge in [-0.1, -0.05) is 11.6 Å². The number of halogens is 1. The van der Waals surface area contributed by atoms with Gasteiger partial charge in [-0.05, 0) is 38.5 Å².